The summed E-state index contributed by atoms with van der Waals surface area (Å²) in [6.45, 7) is 6.47. The van der Waals surface area contributed by atoms with Crippen LogP contribution in [0.1, 0.15) is 31.0 Å². The largest absolute Gasteiger partial charge is 0.493 e. The second-order valence-electron chi connectivity index (χ2n) is 5.73. The topological polar surface area (TPSA) is 46.2 Å². The third kappa shape index (κ3) is 4.42. The molecular formula is C18H23N3OS. The fraction of sp³-hybridized carbons (Fsp3) is 0.333. The molecule has 2 rings (SSSR count). The number of thiocarbonyl (C=S) groups is 1. The maximum absolute atomic E-state index is 5.46. The number of rotatable bonds is 5. The highest BCUT2D eigenvalue weighted by Gasteiger charge is 2.19. The molecule has 0 amide bonds. The summed E-state index contributed by atoms with van der Waals surface area (Å²) in [6.07, 6.45) is 1.70. The Kier molecular flexibility index (Phi) is 5.93. The molecule has 1 aromatic heterocycles. The molecule has 0 aliphatic heterocycles. The summed E-state index contributed by atoms with van der Waals surface area (Å²) in [4.78, 5) is 4.27. The number of hydrogen-bond donors (Lipinski definition) is 2. The Morgan fingerprint density at radius 1 is 1.17 bits per heavy atom. The molecular weight excluding hydrogens is 306 g/mol. The molecule has 1 aromatic carbocycles. The first-order chi connectivity index (χ1) is 11.0. The minimum atomic E-state index is 0.130. The maximum Gasteiger partial charge on any atom is 0.174 e. The lowest BCUT2D eigenvalue weighted by Crippen LogP contribution is -2.35. The number of aromatic nitrogens is 1. The average molecular weight is 329 g/mol. The zero-order chi connectivity index (χ0) is 16.8. The number of ether oxygens (including phenoxy) is 1. The molecule has 0 aliphatic rings. The van der Waals surface area contributed by atoms with Crippen LogP contribution in [0.5, 0.6) is 5.75 Å². The van der Waals surface area contributed by atoms with Crippen LogP contribution in [0.3, 0.4) is 0 Å². The van der Waals surface area contributed by atoms with E-state index in [1.54, 1.807) is 13.3 Å². The maximum atomic E-state index is 5.46. The van der Waals surface area contributed by atoms with Gasteiger partial charge in [-0.1, -0.05) is 38.1 Å². The fourth-order valence-corrected chi connectivity index (χ4v) is 2.70. The van der Waals surface area contributed by atoms with Crippen LogP contribution in [0.25, 0.3) is 0 Å². The van der Waals surface area contributed by atoms with Gasteiger partial charge in [-0.05, 0) is 48.3 Å². The molecule has 1 atom stereocenters. The van der Waals surface area contributed by atoms with Crippen LogP contribution in [0.2, 0.25) is 0 Å². The lowest BCUT2D eigenvalue weighted by Gasteiger charge is -2.26. The van der Waals surface area contributed by atoms with Crippen molar-refractivity contribution >= 4 is 23.1 Å². The molecule has 0 aliphatic carbocycles. The predicted molar refractivity (Wildman–Crippen MR) is 98.9 cm³/mol. The van der Waals surface area contributed by atoms with Gasteiger partial charge < -0.3 is 15.4 Å². The highest BCUT2D eigenvalue weighted by atomic mass is 32.1. The molecule has 0 bridgehead atoms. The lowest BCUT2D eigenvalue weighted by atomic mass is 9.93. The first-order valence-corrected chi connectivity index (χ1v) is 8.05. The summed E-state index contributed by atoms with van der Waals surface area (Å²) >= 11 is 5.46. The molecule has 5 heteroatoms. The third-order valence-electron chi connectivity index (χ3n) is 3.70. The van der Waals surface area contributed by atoms with Crippen molar-refractivity contribution in [2.75, 3.05) is 12.4 Å². The van der Waals surface area contributed by atoms with Crippen molar-refractivity contribution in [2.45, 2.75) is 26.8 Å². The SMILES string of the molecule is COc1cccnc1NC(=S)N[C@@H](c1ccccc1C)C(C)C. The van der Waals surface area contributed by atoms with E-state index in [1.807, 2.05) is 18.2 Å². The lowest BCUT2D eigenvalue weighted by molar-refractivity contribution is 0.415. The Labute approximate surface area is 143 Å². The van der Waals surface area contributed by atoms with E-state index in [-0.39, 0.29) is 6.04 Å². The molecule has 2 aromatic rings. The van der Waals surface area contributed by atoms with Crippen LogP contribution >= 0.6 is 12.2 Å². The highest BCUT2D eigenvalue weighted by Crippen LogP contribution is 2.25. The first kappa shape index (κ1) is 17.2. The Morgan fingerprint density at radius 3 is 2.57 bits per heavy atom. The monoisotopic (exact) mass is 329 g/mol. The van der Waals surface area contributed by atoms with Gasteiger partial charge in [-0.2, -0.15) is 0 Å². The van der Waals surface area contributed by atoms with Gasteiger partial charge in [-0.3, -0.25) is 0 Å². The van der Waals surface area contributed by atoms with Gasteiger partial charge in [0.05, 0.1) is 13.2 Å². The van der Waals surface area contributed by atoms with E-state index in [0.717, 1.165) is 0 Å². The number of nitrogens with one attached hydrogen (secondary N) is 2. The number of anilines is 1. The zero-order valence-corrected chi connectivity index (χ0v) is 14.8. The second kappa shape index (κ2) is 7.92. The number of aryl methyl sites for hydroxylation is 1. The van der Waals surface area contributed by atoms with Crippen molar-refractivity contribution in [3.8, 4) is 5.75 Å². The van der Waals surface area contributed by atoms with Crippen molar-refractivity contribution in [1.82, 2.24) is 10.3 Å². The van der Waals surface area contributed by atoms with Gasteiger partial charge in [0, 0.05) is 6.20 Å². The standard InChI is InChI=1S/C18H23N3OS/c1-12(2)16(14-9-6-5-8-13(14)3)20-18(23)21-17-15(22-4)10-7-11-19-17/h5-12,16H,1-4H3,(H2,19,20,21,23)/t16-/m1/s1. The van der Waals surface area contributed by atoms with Crippen LogP contribution in [-0.4, -0.2) is 17.2 Å². The van der Waals surface area contributed by atoms with Crippen molar-refractivity contribution in [3.05, 3.63) is 53.7 Å². The molecule has 0 radical (unpaired) electrons. The molecule has 122 valence electrons. The van der Waals surface area contributed by atoms with Crippen LogP contribution in [0.4, 0.5) is 5.82 Å². The molecule has 0 spiro atoms. The van der Waals surface area contributed by atoms with Gasteiger partial charge >= 0.3 is 0 Å². The van der Waals surface area contributed by atoms with Crippen LogP contribution in [-0.2, 0) is 0 Å². The average Bonchev–Trinajstić information content (AvgIpc) is 2.53. The van der Waals surface area contributed by atoms with Crippen molar-refractivity contribution in [2.24, 2.45) is 5.92 Å². The van der Waals surface area contributed by atoms with Gasteiger partial charge in [0.2, 0.25) is 0 Å². The summed E-state index contributed by atoms with van der Waals surface area (Å²) < 4.78 is 5.29. The Balaban J connectivity index is 2.15. The highest BCUT2D eigenvalue weighted by molar-refractivity contribution is 7.80. The van der Waals surface area contributed by atoms with E-state index in [2.05, 4.69) is 54.6 Å². The van der Waals surface area contributed by atoms with Gasteiger partial charge in [-0.15, -0.1) is 0 Å². The summed E-state index contributed by atoms with van der Waals surface area (Å²) in [5.74, 6) is 1.66. The first-order valence-electron chi connectivity index (χ1n) is 7.65. The second-order valence-corrected chi connectivity index (χ2v) is 6.14. The number of hydrogen-bond acceptors (Lipinski definition) is 3. The summed E-state index contributed by atoms with van der Waals surface area (Å²) in [6, 6.07) is 12.2. The van der Waals surface area contributed by atoms with E-state index in [0.29, 0.717) is 22.6 Å². The quantitative estimate of drug-likeness (QED) is 0.809. The van der Waals surface area contributed by atoms with Crippen molar-refractivity contribution < 1.29 is 4.74 Å². The van der Waals surface area contributed by atoms with E-state index in [1.165, 1.54) is 11.1 Å². The van der Waals surface area contributed by atoms with Crippen LogP contribution in [0.15, 0.2) is 42.6 Å². The molecule has 0 saturated carbocycles. The minimum Gasteiger partial charge on any atom is -0.493 e. The molecule has 1 heterocycles. The van der Waals surface area contributed by atoms with Crippen molar-refractivity contribution in [3.63, 3.8) is 0 Å². The number of nitrogens with zero attached hydrogens (tertiary/aromatic N) is 1. The zero-order valence-electron chi connectivity index (χ0n) is 14.0. The Bertz CT molecular complexity index is 673. The molecule has 23 heavy (non-hydrogen) atoms. The minimum absolute atomic E-state index is 0.130. The number of pyridine rings is 1. The molecule has 0 unspecified atom stereocenters. The fourth-order valence-electron chi connectivity index (χ4n) is 2.47. The van der Waals surface area contributed by atoms with Gasteiger partial charge in [-0.25, -0.2) is 4.98 Å². The van der Waals surface area contributed by atoms with Crippen LogP contribution in [0, 0.1) is 12.8 Å². The summed E-state index contributed by atoms with van der Waals surface area (Å²) in [5, 5.41) is 7.05. The van der Waals surface area contributed by atoms with E-state index in [9.17, 15) is 0 Å². The normalized spacial score (nSPS) is 11.9. The molecule has 4 nitrogen and oxygen atoms in total. The van der Waals surface area contributed by atoms with Gasteiger partial charge in [0.25, 0.3) is 0 Å². The predicted octanol–water partition coefficient (Wildman–Crippen LogP) is 4.08. The third-order valence-corrected chi connectivity index (χ3v) is 3.92. The Hall–Kier alpha value is -2.14. The molecule has 0 fully saturated rings. The number of benzene rings is 1. The number of methoxy groups -OCH3 is 1. The molecule has 2 N–H and O–H groups in total. The van der Waals surface area contributed by atoms with Gasteiger partial charge in [0.15, 0.2) is 16.7 Å². The Morgan fingerprint density at radius 2 is 1.91 bits per heavy atom. The van der Waals surface area contributed by atoms with Crippen LogP contribution < -0.4 is 15.4 Å². The summed E-state index contributed by atoms with van der Waals surface area (Å²) in [7, 11) is 1.61. The molecule has 0 saturated heterocycles. The van der Waals surface area contributed by atoms with E-state index >= 15 is 0 Å². The van der Waals surface area contributed by atoms with Gasteiger partial charge in [0.1, 0.15) is 0 Å². The van der Waals surface area contributed by atoms with E-state index in [4.69, 9.17) is 17.0 Å². The summed E-state index contributed by atoms with van der Waals surface area (Å²) in [5.41, 5.74) is 2.50. The van der Waals surface area contributed by atoms with E-state index < -0.39 is 0 Å². The smallest absolute Gasteiger partial charge is 0.174 e. The van der Waals surface area contributed by atoms with Crippen molar-refractivity contribution in [1.29, 1.82) is 0 Å².